The summed E-state index contributed by atoms with van der Waals surface area (Å²) >= 11 is 5.70. The highest BCUT2D eigenvalue weighted by molar-refractivity contribution is 6.30. The number of anilines is 1. The molecule has 1 rings (SSSR count). The summed E-state index contributed by atoms with van der Waals surface area (Å²) in [4.78, 5) is 12.2. The average Bonchev–Trinajstić information content (AvgIpc) is 2.15. The number of benzene rings is 1. The molecule has 3 nitrogen and oxygen atoms in total. The molecule has 0 aliphatic carbocycles. The van der Waals surface area contributed by atoms with E-state index < -0.39 is 0 Å². The fourth-order valence-corrected chi connectivity index (χ4v) is 1.15. The topological polar surface area (TPSA) is 44.1 Å². The highest BCUT2D eigenvalue weighted by Crippen LogP contribution is 2.17. The van der Waals surface area contributed by atoms with E-state index in [1.54, 1.807) is 24.3 Å². The molecule has 0 unspecified atom stereocenters. The van der Waals surface area contributed by atoms with E-state index in [1.165, 1.54) is 11.8 Å². The second kappa shape index (κ2) is 4.64. The predicted octanol–water partition coefficient (Wildman–Crippen LogP) is 2.22. The van der Waals surface area contributed by atoms with E-state index in [2.05, 4.69) is 0 Å². The zero-order chi connectivity index (χ0) is 10.6. The number of carbonyl (C=O) groups is 1. The largest absolute Gasteiger partial charge is 0.298 e. The molecule has 1 aromatic rings. The van der Waals surface area contributed by atoms with Crippen molar-refractivity contribution in [1.29, 1.82) is 5.26 Å². The normalized spacial score (nSPS) is 9.21. The third kappa shape index (κ3) is 2.75. The maximum atomic E-state index is 10.8. The van der Waals surface area contributed by atoms with E-state index >= 15 is 0 Å². The lowest BCUT2D eigenvalue weighted by Crippen LogP contribution is -2.22. The van der Waals surface area contributed by atoms with Crippen molar-refractivity contribution in [2.75, 3.05) is 11.4 Å². The first-order valence-corrected chi connectivity index (χ1v) is 4.43. The van der Waals surface area contributed by atoms with Gasteiger partial charge in [-0.05, 0) is 31.2 Å². The van der Waals surface area contributed by atoms with Gasteiger partial charge in [-0.3, -0.25) is 9.69 Å². The Morgan fingerprint density at radius 1 is 1.50 bits per heavy atom. The first kappa shape index (κ1) is 10.6. The van der Waals surface area contributed by atoms with Crippen molar-refractivity contribution in [2.45, 2.75) is 6.92 Å². The molecular formula is C10H9ClN2O. The molecule has 0 heterocycles. The molecule has 0 N–H and O–H groups in total. The number of carbonyl (C=O) groups excluding carboxylic acids is 1. The molecule has 0 radical (unpaired) electrons. The van der Waals surface area contributed by atoms with E-state index in [-0.39, 0.29) is 12.3 Å². The van der Waals surface area contributed by atoms with Crippen LogP contribution in [0.2, 0.25) is 5.02 Å². The highest BCUT2D eigenvalue weighted by Gasteiger charge is 2.06. The molecular weight excluding hydrogens is 200 g/mol. The van der Waals surface area contributed by atoms with Gasteiger partial charge in [0, 0.05) is 5.02 Å². The Morgan fingerprint density at radius 2 is 2.07 bits per heavy atom. The third-order valence-electron chi connectivity index (χ3n) is 1.64. The molecule has 0 amide bonds. The minimum atomic E-state index is -0.0542. The van der Waals surface area contributed by atoms with Gasteiger partial charge in [-0.15, -0.1) is 0 Å². The summed E-state index contributed by atoms with van der Waals surface area (Å²) in [7, 11) is 0. The van der Waals surface area contributed by atoms with Gasteiger partial charge < -0.3 is 0 Å². The molecule has 72 valence electrons. The number of halogens is 1. The molecule has 0 fully saturated rings. The van der Waals surface area contributed by atoms with Crippen LogP contribution in [0.15, 0.2) is 24.3 Å². The van der Waals surface area contributed by atoms with Gasteiger partial charge in [0.15, 0.2) is 6.19 Å². The van der Waals surface area contributed by atoms with Crippen molar-refractivity contribution in [3.63, 3.8) is 0 Å². The van der Waals surface area contributed by atoms with Crippen molar-refractivity contribution < 1.29 is 4.79 Å². The van der Waals surface area contributed by atoms with Crippen LogP contribution in [-0.4, -0.2) is 12.3 Å². The van der Waals surface area contributed by atoms with Crippen LogP contribution < -0.4 is 4.90 Å². The van der Waals surface area contributed by atoms with Crippen molar-refractivity contribution in [3.05, 3.63) is 29.3 Å². The maximum Gasteiger partial charge on any atom is 0.184 e. The van der Waals surface area contributed by atoms with Crippen molar-refractivity contribution >= 4 is 23.1 Å². The van der Waals surface area contributed by atoms with Crippen LogP contribution in [0.5, 0.6) is 0 Å². The number of hydrogen-bond donors (Lipinski definition) is 0. The molecule has 0 bridgehead atoms. The number of ketones is 1. The molecule has 0 aromatic heterocycles. The Kier molecular flexibility index (Phi) is 3.49. The minimum Gasteiger partial charge on any atom is -0.298 e. The van der Waals surface area contributed by atoms with Gasteiger partial charge in [0.05, 0.1) is 12.2 Å². The Bertz CT molecular complexity index is 367. The number of nitriles is 1. The van der Waals surface area contributed by atoms with Gasteiger partial charge in [-0.1, -0.05) is 11.6 Å². The van der Waals surface area contributed by atoms with Gasteiger partial charge in [0.25, 0.3) is 0 Å². The van der Waals surface area contributed by atoms with E-state index in [4.69, 9.17) is 16.9 Å². The lowest BCUT2D eigenvalue weighted by molar-refractivity contribution is -0.115. The molecule has 1 aromatic carbocycles. The Morgan fingerprint density at radius 3 is 2.50 bits per heavy atom. The first-order chi connectivity index (χ1) is 6.63. The summed E-state index contributed by atoms with van der Waals surface area (Å²) in [6, 6.07) is 6.77. The molecule has 0 aliphatic rings. The smallest absolute Gasteiger partial charge is 0.184 e. The lowest BCUT2D eigenvalue weighted by atomic mass is 10.3. The highest BCUT2D eigenvalue weighted by atomic mass is 35.5. The van der Waals surface area contributed by atoms with Gasteiger partial charge in [0.1, 0.15) is 5.78 Å². The van der Waals surface area contributed by atoms with Gasteiger partial charge in [-0.2, -0.15) is 5.26 Å². The van der Waals surface area contributed by atoms with E-state index in [1.807, 2.05) is 6.19 Å². The van der Waals surface area contributed by atoms with Crippen LogP contribution in [0, 0.1) is 11.5 Å². The van der Waals surface area contributed by atoms with E-state index in [9.17, 15) is 4.79 Å². The van der Waals surface area contributed by atoms with Crippen LogP contribution in [0.1, 0.15) is 6.92 Å². The number of Topliss-reactive ketones (excluding diaryl/α,β-unsaturated/α-hetero) is 1. The van der Waals surface area contributed by atoms with Crippen LogP contribution in [0.25, 0.3) is 0 Å². The fourth-order valence-electron chi connectivity index (χ4n) is 1.03. The quantitative estimate of drug-likeness (QED) is 0.565. The van der Waals surface area contributed by atoms with Crippen LogP contribution >= 0.6 is 11.6 Å². The molecule has 0 aliphatic heterocycles. The van der Waals surface area contributed by atoms with Crippen molar-refractivity contribution in [1.82, 2.24) is 0 Å². The first-order valence-electron chi connectivity index (χ1n) is 4.06. The fraction of sp³-hybridized carbons (Fsp3) is 0.200. The van der Waals surface area contributed by atoms with E-state index in [0.29, 0.717) is 10.7 Å². The average molecular weight is 209 g/mol. The summed E-state index contributed by atoms with van der Waals surface area (Å²) in [5.41, 5.74) is 0.673. The monoisotopic (exact) mass is 208 g/mol. The van der Waals surface area contributed by atoms with E-state index in [0.717, 1.165) is 0 Å². The van der Waals surface area contributed by atoms with Gasteiger partial charge in [0.2, 0.25) is 0 Å². The lowest BCUT2D eigenvalue weighted by Gasteiger charge is -2.13. The third-order valence-corrected chi connectivity index (χ3v) is 1.89. The van der Waals surface area contributed by atoms with Crippen LogP contribution in [0.3, 0.4) is 0 Å². The summed E-state index contributed by atoms with van der Waals surface area (Å²) < 4.78 is 0. The SMILES string of the molecule is CC(=O)CN(C#N)c1ccc(Cl)cc1. The summed E-state index contributed by atoms with van der Waals surface area (Å²) in [6.07, 6.45) is 1.94. The number of rotatable bonds is 3. The minimum absolute atomic E-state index is 0.0542. The Labute approximate surface area is 87.5 Å². The van der Waals surface area contributed by atoms with Crippen LogP contribution in [-0.2, 0) is 4.79 Å². The van der Waals surface area contributed by atoms with Gasteiger partial charge in [-0.25, -0.2) is 0 Å². The van der Waals surface area contributed by atoms with Gasteiger partial charge >= 0.3 is 0 Å². The Hall–Kier alpha value is -1.53. The number of hydrogen-bond acceptors (Lipinski definition) is 3. The van der Waals surface area contributed by atoms with Crippen molar-refractivity contribution in [3.8, 4) is 6.19 Å². The molecule has 4 heteroatoms. The molecule has 14 heavy (non-hydrogen) atoms. The van der Waals surface area contributed by atoms with Crippen LogP contribution in [0.4, 0.5) is 5.69 Å². The summed E-state index contributed by atoms with van der Waals surface area (Å²) in [6.45, 7) is 1.54. The molecule has 0 spiro atoms. The Balaban J connectivity index is 2.85. The standard InChI is InChI=1S/C10H9ClN2O/c1-8(14)6-13(7-12)10-4-2-9(11)3-5-10/h2-5H,6H2,1H3. The molecule has 0 atom stereocenters. The second-order valence-electron chi connectivity index (χ2n) is 2.86. The molecule has 0 saturated carbocycles. The summed E-state index contributed by atoms with van der Waals surface area (Å²) in [5.74, 6) is -0.0542. The zero-order valence-electron chi connectivity index (χ0n) is 7.70. The van der Waals surface area contributed by atoms with Crippen molar-refractivity contribution in [2.24, 2.45) is 0 Å². The maximum absolute atomic E-state index is 10.8. The summed E-state index contributed by atoms with van der Waals surface area (Å²) in [5, 5.41) is 9.39. The zero-order valence-corrected chi connectivity index (χ0v) is 8.45. The number of nitrogens with zero attached hydrogens (tertiary/aromatic N) is 2. The predicted molar refractivity (Wildman–Crippen MR) is 55.1 cm³/mol. The second-order valence-corrected chi connectivity index (χ2v) is 3.30. The molecule has 0 saturated heterocycles.